The Morgan fingerprint density at radius 2 is 1.95 bits per heavy atom. The number of nitrogens with zero attached hydrogens (tertiary/aromatic N) is 1. The standard InChI is InChI=1S/C16H19N3O2S/c1-12(15(20)19(2)10-13-8-9-22-11-13)17-16(21)18-14-6-4-3-5-7-14/h3-9,11-12H,10H2,1-2H3,(H2,17,18,21)/t12-/m0/s1. The van der Waals surface area contributed by atoms with E-state index in [4.69, 9.17) is 0 Å². The smallest absolute Gasteiger partial charge is 0.319 e. The SMILES string of the molecule is C[C@H](NC(=O)Nc1ccccc1)C(=O)N(C)Cc1ccsc1. The first kappa shape index (κ1) is 16.0. The summed E-state index contributed by atoms with van der Waals surface area (Å²) in [5, 5.41) is 9.32. The highest BCUT2D eigenvalue weighted by molar-refractivity contribution is 7.07. The molecule has 0 saturated carbocycles. The number of likely N-dealkylation sites (N-methyl/N-ethyl adjacent to an activating group) is 1. The van der Waals surface area contributed by atoms with Gasteiger partial charge < -0.3 is 15.5 Å². The molecule has 0 aliphatic heterocycles. The second-order valence-electron chi connectivity index (χ2n) is 5.01. The Hall–Kier alpha value is -2.34. The van der Waals surface area contributed by atoms with Gasteiger partial charge in [-0.25, -0.2) is 4.79 Å². The van der Waals surface area contributed by atoms with Crippen LogP contribution in [0, 0.1) is 0 Å². The normalized spacial score (nSPS) is 11.5. The lowest BCUT2D eigenvalue weighted by Gasteiger charge is -2.22. The Kier molecular flexibility index (Phi) is 5.55. The number of para-hydroxylation sites is 1. The molecule has 2 rings (SSSR count). The van der Waals surface area contributed by atoms with Gasteiger partial charge in [-0.05, 0) is 41.4 Å². The number of thiophene rings is 1. The maximum absolute atomic E-state index is 12.2. The van der Waals surface area contributed by atoms with Gasteiger partial charge in [0.25, 0.3) is 0 Å². The van der Waals surface area contributed by atoms with Crippen molar-refractivity contribution in [1.82, 2.24) is 10.2 Å². The van der Waals surface area contributed by atoms with Gasteiger partial charge in [-0.3, -0.25) is 4.79 Å². The van der Waals surface area contributed by atoms with E-state index in [1.54, 1.807) is 42.3 Å². The van der Waals surface area contributed by atoms with Crippen molar-refractivity contribution in [2.24, 2.45) is 0 Å². The third kappa shape index (κ3) is 4.60. The van der Waals surface area contributed by atoms with Crippen LogP contribution >= 0.6 is 11.3 Å². The quantitative estimate of drug-likeness (QED) is 0.890. The van der Waals surface area contributed by atoms with Crippen LogP contribution in [0.15, 0.2) is 47.2 Å². The van der Waals surface area contributed by atoms with Gasteiger partial charge >= 0.3 is 6.03 Å². The second kappa shape index (κ2) is 7.61. The predicted molar refractivity (Wildman–Crippen MR) is 88.9 cm³/mol. The summed E-state index contributed by atoms with van der Waals surface area (Å²) in [4.78, 5) is 25.7. The Morgan fingerprint density at radius 1 is 1.23 bits per heavy atom. The summed E-state index contributed by atoms with van der Waals surface area (Å²) in [5.41, 5.74) is 1.77. The Morgan fingerprint density at radius 3 is 2.59 bits per heavy atom. The molecule has 1 aromatic heterocycles. The molecule has 0 saturated heterocycles. The molecular formula is C16H19N3O2S. The summed E-state index contributed by atoms with van der Waals surface area (Å²) in [6.07, 6.45) is 0. The summed E-state index contributed by atoms with van der Waals surface area (Å²) in [6.45, 7) is 2.21. The molecule has 0 bridgehead atoms. The van der Waals surface area contributed by atoms with Gasteiger partial charge in [0.1, 0.15) is 6.04 Å². The number of anilines is 1. The van der Waals surface area contributed by atoms with Gasteiger partial charge in [0.15, 0.2) is 0 Å². The third-order valence-corrected chi connectivity index (χ3v) is 3.86. The van der Waals surface area contributed by atoms with Crippen molar-refractivity contribution in [1.29, 1.82) is 0 Å². The van der Waals surface area contributed by atoms with Crippen LogP contribution < -0.4 is 10.6 Å². The largest absolute Gasteiger partial charge is 0.340 e. The maximum atomic E-state index is 12.2. The van der Waals surface area contributed by atoms with E-state index in [1.165, 1.54) is 0 Å². The molecule has 0 aliphatic carbocycles. The number of nitrogens with one attached hydrogen (secondary N) is 2. The van der Waals surface area contributed by atoms with Gasteiger partial charge in [-0.2, -0.15) is 11.3 Å². The fraction of sp³-hybridized carbons (Fsp3) is 0.250. The number of hydrogen-bond acceptors (Lipinski definition) is 3. The second-order valence-corrected chi connectivity index (χ2v) is 5.79. The Balaban J connectivity index is 1.84. The van der Waals surface area contributed by atoms with Crippen LogP contribution in [-0.4, -0.2) is 29.9 Å². The molecule has 6 heteroatoms. The van der Waals surface area contributed by atoms with Gasteiger partial charge in [0, 0.05) is 19.3 Å². The number of hydrogen-bond donors (Lipinski definition) is 2. The first-order valence-corrected chi connectivity index (χ1v) is 7.89. The molecule has 1 aromatic carbocycles. The molecule has 0 aliphatic rings. The molecule has 2 aromatic rings. The van der Waals surface area contributed by atoms with E-state index in [0.29, 0.717) is 12.2 Å². The van der Waals surface area contributed by atoms with E-state index in [1.807, 2.05) is 35.0 Å². The van der Waals surface area contributed by atoms with Crippen LogP contribution in [0.1, 0.15) is 12.5 Å². The zero-order valence-electron chi connectivity index (χ0n) is 12.6. The fourth-order valence-electron chi connectivity index (χ4n) is 2.01. The summed E-state index contributed by atoms with van der Waals surface area (Å²) in [7, 11) is 1.73. The number of rotatable bonds is 5. The van der Waals surface area contributed by atoms with Gasteiger partial charge in [0.2, 0.25) is 5.91 Å². The van der Waals surface area contributed by atoms with Gasteiger partial charge in [0.05, 0.1) is 0 Å². The Labute approximate surface area is 134 Å². The summed E-state index contributed by atoms with van der Waals surface area (Å²) < 4.78 is 0. The molecule has 0 fully saturated rings. The zero-order valence-corrected chi connectivity index (χ0v) is 13.4. The van der Waals surface area contributed by atoms with Crippen molar-refractivity contribution >= 4 is 29.0 Å². The van der Waals surface area contributed by atoms with Crippen LogP contribution in [0.4, 0.5) is 10.5 Å². The number of carbonyl (C=O) groups is 2. The predicted octanol–water partition coefficient (Wildman–Crippen LogP) is 2.92. The molecule has 3 amide bonds. The molecule has 0 unspecified atom stereocenters. The zero-order chi connectivity index (χ0) is 15.9. The van der Waals surface area contributed by atoms with E-state index in [2.05, 4.69) is 10.6 Å². The molecule has 0 spiro atoms. The minimum atomic E-state index is -0.590. The van der Waals surface area contributed by atoms with E-state index in [9.17, 15) is 9.59 Å². The average Bonchev–Trinajstić information content (AvgIpc) is 3.00. The molecule has 1 atom stereocenters. The monoisotopic (exact) mass is 317 g/mol. The molecule has 22 heavy (non-hydrogen) atoms. The van der Waals surface area contributed by atoms with Crippen LogP contribution in [0.25, 0.3) is 0 Å². The van der Waals surface area contributed by atoms with Crippen molar-refractivity contribution in [2.45, 2.75) is 19.5 Å². The topological polar surface area (TPSA) is 61.4 Å². The lowest BCUT2D eigenvalue weighted by Crippen LogP contribution is -2.46. The Bertz CT molecular complexity index is 614. The molecule has 116 valence electrons. The van der Waals surface area contributed by atoms with Crippen molar-refractivity contribution in [3.05, 3.63) is 52.7 Å². The number of urea groups is 1. The number of amides is 3. The van der Waals surface area contributed by atoms with E-state index in [-0.39, 0.29) is 5.91 Å². The van der Waals surface area contributed by atoms with Crippen molar-refractivity contribution in [3.63, 3.8) is 0 Å². The summed E-state index contributed by atoms with van der Waals surface area (Å²) >= 11 is 1.60. The van der Waals surface area contributed by atoms with Crippen molar-refractivity contribution in [3.8, 4) is 0 Å². The van der Waals surface area contributed by atoms with Crippen molar-refractivity contribution < 1.29 is 9.59 Å². The van der Waals surface area contributed by atoms with Crippen LogP contribution in [-0.2, 0) is 11.3 Å². The van der Waals surface area contributed by atoms with E-state index >= 15 is 0 Å². The maximum Gasteiger partial charge on any atom is 0.319 e. The van der Waals surface area contributed by atoms with E-state index < -0.39 is 12.1 Å². The van der Waals surface area contributed by atoms with Crippen LogP contribution in [0.2, 0.25) is 0 Å². The fourth-order valence-corrected chi connectivity index (χ4v) is 2.67. The number of benzene rings is 1. The molecule has 5 nitrogen and oxygen atoms in total. The molecule has 2 N–H and O–H groups in total. The van der Waals surface area contributed by atoms with E-state index in [0.717, 1.165) is 5.56 Å². The van der Waals surface area contributed by atoms with Gasteiger partial charge in [-0.1, -0.05) is 18.2 Å². The van der Waals surface area contributed by atoms with Crippen LogP contribution in [0.5, 0.6) is 0 Å². The summed E-state index contributed by atoms with van der Waals surface area (Å²) in [6, 6.07) is 10.1. The highest BCUT2D eigenvalue weighted by Crippen LogP contribution is 2.09. The highest BCUT2D eigenvalue weighted by atomic mass is 32.1. The highest BCUT2D eigenvalue weighted by Gasteiger charge is 2.19. The van der Waals surface area contributed by atoms with Gasteiger partial charge in [-0.15, -0.1) is 0 Å². The van der Waals surface area contributed by atoms with Crippen LogP contribution in [0.3, 0.4) is 0 Å². The average molecular weight is 317 g/mol. The molecule has 0 radical (unpaired) electrons. The first-order chi connectivity index (χ1) is 10.6. The molecule has 1 heterocycles. The lowest BCUT2D eigenvalue weighted by molar-refractivity contribution is -0.131. The minimum absolute atomic E-state index is 0.130. The minimum Gasteiger partial charge on any atom is -0.340 e. The van der Waals surface area contributed by atoms with Crippen molar-refractivity contribution in [2.75, 3.05) is 12.4 Å². The molecular weight excluding hydrogens is 298 g/mol. The first-order valence-electron chi connectivity index (χ1n) is 6.95. The lowest BCUT2D eigenvalue weighted by atomic mass is 10.2. The third-order valence-electron chi connectivity index (χ3n) is 3.13. The number of carbonyl (C=O) groups excluding carboxylic acids is 2. The summed E-state index contributed by atoms with van der Waals surface area (Å²) in [5.74, 6) is -0.130.